The molecule has 0 bridgehead atoms. The monoisotopic (exact) mass is 232 g/mol. The van der Waals surface area contributed by atoms with Crippen molar-refractivity contribution in [3.05, 3.63) is 29.8 Å². The standard InChI is InChI=1S/C15H24N2/c1-17(2)15-9-7-14(8-10-15)12-16-11-3-4-13-5-6-13/h7-10,13,16H,3-6,11-12H2,1-2H3. The van der Waals surface area contributed by atoms with Crippen LogP contribution in [0.1, 0.15) is 31.2 Å². The van der Waals surface area contributed by atoms with Crippen molar-refractivity contribution in [1.29, 1.82) is 0 Å². The lowest BCUT2D eigenvalue weighted by atomic mass is 10.2. The Hall–Kier alpha value is -1.02. The average molecular weight is 232 g/mol. The van der Waals surface area contributed by atoms with Crippen molar-refractivity contribution in [2.75, 3.05) is 25.5 Å². The van der Waals surface area contributed by atoms with Crippen LogP contribution in [-0.2, 0) is 6.54 Å². The third-order valence-corrected chi connectivity index (χ3v) is 3.44. The second-order valence-corrected chi connectivity index (χ2v) is 5.32. The number of anilines is 1. The zero-order valence-corrected chi connectivity index (χ0v) is 11.1. The van der Waals surface area contributed by atoms with E-state index in [2.05, 4.69) is 48.6 Å². The number of hydrogen-bond acceptors (Lipinski definition) is 2. The van der Waals surface area contributed by atoms with E-state index in [9.17, 15) is 0 Å². The van der Waals surface area contributed by atoms with Crippen molar-refractivity contribution in [3.8, 4) is 0 Å². The number of hydrogen-bond donors (Lipinski definition) is 1. The molecule has 1 saturated carbocycles. The van der Waals surface area contributed by atoms with Gasteiger partial charge in [0.15, 0.2) is 0 Å². The van der Waals surface area contributed by atoms with E-state index in [-0.39, 0.29) is 0 Å². The zero-order valence-electron chi connectivity index (χ0n) is 11.1. The molecule has 0 spiro atoms. The summed E-state index contributed by atoms with van der Waals surface area (Å²) in [4.78, 5) is 2.13. The average Bonchev–Trinajstić information content (AvgIpc) is 3.13. The predicted octanol–water partition coefficient (Wildman–Crippen LogP) is 3.03. The lowest BCUT2D eigenvalue weighted by Crippen LogP contribution is -2.15. The van der Waals surface area contributed by atoms with Crippen molar-refractivity contribution in [1.82, 2.24) is 5.32 Å². The first kappa shape index (κ1) is 12.4. The first-order valence-electron chi connectivity index (χ1n) is 6.72. The molecular formula is C15H24N2. The summed E-state index contributed by atoms with van der Waals surface area (Å²) >= 11 is 0. The molecule has 2 nitrogen and oxygen atoms in total. The molecule has 2 heteroatoms. The minimum Gasteiger partial charge on any atom is -0.378 e. The van der Waals surface area contributed by atoms with Crippen molar-refractivity contribution in [3.63, 3.8) is 0 Å². The molecule has 1 aromatic rings. The van der Waals surface area contributed by atoms with Gasteiger partial charge in [0.2, 0.25) is 0 Å². The van der Waals surface area contributed by atoms with Gasteiger partial charge in [-0.25, -0.2) is 0 Å². The Bertz CT molecular complexity index is 325. The fourth-order valence-electron chi connectivity index (χ4n) is 2.07. The van der Waals surface area contributed by atoms with Crippen LogP contribution >= 0.6 is 0 Å². The second-order valence-electron chi connectivity index (χ2n) is 5.32. The summed E-state index contributed by atoms with van der Waals surface area (Å²) < 4.78 is 0. The van der Waals surface area contributed by atoms with Crippen LogP contribution < -0.4 is 10.2 Å². The summed E-state index contributed by atoms with van der Waals surface area (Å²) in [5.74, 6) is 1.07. The maximum absolute atomic E-state index is 3.52. The van der Waals surface area contributed by atoms with Gasteiger partial charge in [0.25, 0.3) is 0 Å². The maximum atomic E-state index is 3.52. The SMILES string of the molecule is CN(C)c1ccc(CNCCCC2CC2)cc1. The number of nitrogens with one attached hydrogen (secondary N) is 1. The van der Waals surface area contributed by atoms with E-state index in [4.69, 9.17) is 0 Å². The summed E-state index contributed by atoms with van der Waals surface area (Å²) in [6.45, 7) is 2.16. The number of nitrogens with zero attached hydrogens (tertiary/aromatic N) is 1. The molecule has 0 unspecified atom stereocenters. The van der Waals surface area contributed by atoms with Crippen LogP contribution in [0.3, 0.4) is 0 Å². The minimum absolute atomic E-state index is 0.998. The number of rotatable bonds is 7. The molecule has 0 saturated heterocycles. The minimum atomic E-state index is 0.998. The third kappa shape index (κ3) is 4.39. The van der Waals surface area contributed by atoms with Gasteiger partial charge in [0, 0.05) is 26.3 Å². The van der Waals surface area contributed by atoms with Crippen molar-refractivity contribution in [2.24, 2.45) is 5.92 Å². The molecule has 0 radical (unpaired) electrons. The fraction of sp³-hybridized carbons (Fsp3) is 0.600. The lowest BCUT2D eigenvalue weighted by Gasteiger charge is -2.12. The summed E-state index contributed by atoms with van der Waals surface area (Å²) in [6, 6.07) is 8.79. The Morgan fingerprint density at radius 2 is 1.88 bits per heavy atom. The van der Waals surface area contributed by atoms with E-state index in [1.807, 2.05) is 0 Å². The first-order valence-corrected chi connectivity index (χ1v) is 6.72. The van der Waals surface area contributed by atoms with Crippen LogP contribution in [0.15, 0.2) is 24.3 Å². The van der Waals surface area contributed by atoms with E-state index in [0.29, 0.717) is 0 Å². The highest BCUT2D eigenvalue weighted by Gasteiger charge is 2.19. The number of benzene rings is 1. The topological polar surface area (TPSA) is 15.3 Å². The molecule has 17 heavy (non-hydrogen) atoms. The molecule has 94 valence electrons. The van der Waals surface area contributed by atoms with Gasteiger partial charge in [0.1, 0.15) is 0 Å². The predicted molar refractivity (Wildman–Crippen MR) is 74.4 cm³/mol. The van der Waals surface area contributed by atoms with E-state index in [1.165, 1.54) is 36.9 Å². The van der Waals surface area contributed by atoms with Gasteiger partial charge in [-0.2, -0.15) is 0 Å². The second kappa shape index (κ2) is 6.06. The zero-order chi connectivity index (χ0) is 12.1. The van der Waals surface area contributed by atoms with Gasteiger partial charge in [0.05, 0.1) is 0 Å². The molecule has 1 N–H and O–H groups in total. The molecule has 1 aliphatic carbocycles. The Morgan fingerprint density at radius 1 is 1.18 bits per heavy atom. The molecule has 1 aliphatic rings. The van der Waals surface area contributed by atoms with E-state index in [0.717, 1.165) is 19.0 Å². The molecular weight excluding hydrogens is 208 g/mol. The molecule has 1 aromatic carbocycles. The highest BCUT2D eigenvalue weighted by Crippen LogP contribution is 2.33. The summed E-state index contributed by atoms with van der Waals surface area (Å²) in [6.07, 6.45) is 5.71. The van der Waals surface area contributed by atoms with E-state index in [1.54, 1.807) is 0 Å². The Balaban J connectivity index is 1.63. The van der Waals surface area contributed by atoms with Crippen LogP contribution in [0.2, 0.25) is 0 Å². The Morgan fingerprint density at radius 3 is 2.47 bits per heavy atom. The smallest absolute Gasteiger partial charge is 0.0361 e. The lowest BCUT2D eigenvalue weighted by molar-refractivity contribution is 0.594. The molecule has 0 aromatic heterocycles. The van der Waals surface area contributed by atoms with Crippen molar-refractivity contribution in [2.45, 2.75) is 32.2 Å². The van der Waals surface area contributed by atoms with Gasteiger partial charge in [-0.3, -0.25) is 0 Å². The molecule has 0 amide bonds. The van der Waals surface area contributed by atoms with Crippen LogP contribution in [0.4, 0.5) is 5.69 Å². The summed E-state index contributed by atoms with van der Waals surface area (Å²) in [7, 11) is 4.15. The Labute approximate surface area is 105 Å². The summed E-state index contributed by atoms with van der Waals surface area (Å²) in [5, 5.41) is 3.52. The Kier molecular flexibility index (Phi) is 4.43. The molecule has 0 heterocycles. The van der Waals surface area contributed by atoms with Crippen LogP contribution in [0.25, 0.3) is 0 Å². The normalized spacial score (nSPS) is 14.9. The van der Waals surface area contributed by atoms with Gasteiger partial charge in [-0.1, -0.05) is 25.0 Å². The first-order chi connectivity index (χ1) is 8.25. The van der Waals surface area contributed by atoms with Gasteiger partial charge < -0.3 is 10.2 Å². The molecule has 2 rings (SSSR count). The van der Waals surface area contributed by atoms with Crippen molar-refractivity contribution >= 4 is 5.69 Å². The third-order valence-electron chi connectivity index (χ3n) is 3.44. The van der Waals surface area contributed by atoms with Gasteiger partial charge >= 0.3 is 0 Å². The highest BCUT2D eigenvalue weighted by atomic mass is 15.1. The van der Waals surface area contributed by atoms with Crippen LogP contribution in [0, 0.1) is 5.92 Å². The van der Waals surface area contributed by atoms with E-state index < -0.39 is 0 Å². The largest absolute Gasteiger partial charge is 0.378 e. The van der Waals surface area contributed by atoms with E-state index >= 15 is 0 Å². The van der Waals surface area contributed by atoms with Gasteiger partial charge in [-0.15, -0.1) is 0 Å². The molecule has 1 fully saturated rings. The summed E-state index contributed by atoms with van der Waals surface area (Å²) in [5.41, 5.74) is 2.64. The van der Waals surface area contributed by atoms with Crippen LogP contribution in [0.5, 0.6) is 0 Å². The van der Waals surface area contributed by atoms with Crippen molar-refractivity contribution < 1.29 is 0 Å². The fourth-order valence-corrected chi connectivity index (χ4v) is 2.07. The molecule has 0 atom stereocenters. The highest BCUT2D eigenvalue weighted by molar-refractivity contribution is 5.45. The maximum Gasteiger partial charge on any atom is 0.0361 e. The van der Waals surface area contributed by atoms with Gasteiger partial charge in [-0.05, 0) is 43.0 Å². The molecule has 0 aliphatic heterocycles. The quantitative estimate of drug-likeness (QED) is 0.727. The van der Waals surface area contributed by atoms with Crippen LogP contribution in [-0.4, -0.2) is 20.6 Å².